The summed E-state index contributed by atoms with van der Waals surface area (Å²) >= 11 is 0. The molecule has 0 bridgehead atoms. The molecule has 1 aromatic carbocycles. The van der Waals surface area contributed by atoms with Crippen LogP contribution in [0.15, 0.2) is 24.3 Å². The van der Waals surface area contributed by atoms with Gasteiger partial charge < -0.3 is 0 Å². The van der Waals surface area contributed by atoms with E-state index in [4.69, 9.17) is 0 Å². The zero-order chi connectivity index (χ0) is 11.6. The van der Waals surface area contributed by atoms with Crippen LogP contribution in [0.5, 0.6) is 0 Å². The molecule has 1 fully saturated rings. The lowest BCUT2D eigenvalue weighted by Crippen LogP contribution is -2.36. The van der Waals surface area contributed by atoms with E-state index in [0.29, 0.717) is 0 Å². The average Bonchev–Trinajstić information content (AvgIpc) is 2.30. The Morgan fingerprint density at radius 3 is 2.19 bits per heavy atom. The highest BCUT2D eigenvalue weighted by Gasteiger charge is 2.38. The fraction of sp³-hybridized carbons (Fsp3) is 0.500. The van der Waals surface area contributed by atoms with Crippen LogP contribution in [-0.2, 0) is 10.2 Å². The second-order valence-electron chi connectivity index (χ2n) is 4.71. The van der Waals surface area contributed by atoms with Gasteiger partial charge in [-0.3, -0.25) is 4.79 Å². The van der Waals surface area contributed by atoms with Gasteiger partial charge in [0.15, 0.2) is 0 Å². The maximum Gasteiger partial charge on any atom is 0.140 e. The van der Waals surface area contributed by atoms with Crippen molar-refractivity contribution in [3.8, 4) is 0 Å². The minimum atomic E-state index is -0.341. The van der Waals surface area contributed by atoms with E-state index in [9.17, 15) is 9.18 Å². The standard InChI is InChI=1S/C14H17FO/c1-11(16)14(9-3-2-4-10-14)12-5-7-13(15)8-6-12/h5-8H,2-4,9-10H2,1H3. The molecular weight excluding hydrogens is 203 g/mol. The Bertz CT molecular complexity index is 374. The van der Waals surface area contributed by atoms with Crippen molar-refractivity contribution in [2.45, 2.75) is 44.4 Å². The molecule has 0 spiro atoms. The Kier molecular flexibility index (Phi) is 3.08. The fourth-order valence-corrected chi connectivity index (χ4v) is 2.77. The number of hydrogen-bond donors (Lipinski definition) is 0. The molecule has 0 saturated heterocycles. The van der Waals surface area contributed by atoms with Crippen LogP contribution in [0.1, 0.15) is 44.6 Å². The third-order valence-electron chi connectivity index (χ3n) is 3.78. The Balaban J connectivity index is 2.38. The lowest BCUT2D eigenvalue weighted by Gasteiger charge is -2.35. The van der Waals surface area contributed by atoms with E-state index < -0.39 is 0 Å². The van der Waals surface area contributed by atoms with E-state index in [1.54, 1.807) is 19.1 Å². The van der Waals surface area contributed by atoms with Gasteiger partial charge in [-0.05, 0) is 37.5 Å². The number of hydrogen-bond acceptors (Lipinski definition) is 1. The highest BCUT2D eigenvalue weighted by molar-refractivity contribution is 5.88. The largest absolute Gasteiger partial charge is 0.299 e. The maximum atomic E-state index is 12.9. The molecule has 0 N–H and O–H groups in total. The van der Waals surface area contributed by atoms with Crippen LogP contribution in [0.3, 0.4) is 0 Å². The normalized spacial score (nSPS) is 19.4. The van der Waals surface area contributed by atoms with E-state index in [-0.39, 0.29) is 17.0 Å². The third kappa shape index (κ3) is 1.89. The zero-order valence-electron chi connectivity index (χ0n) is 9.63. The van der Waals surface area contributed by atoms with Crippen molar-refractivity contribution in [3.63, 3.8) is 0 Å². The molecule has 0 aromatic heterocycles. The van der Waals surface area contributed by atoms with Gasteiger partial charge in [0.25, 0.3) is 0 Å². The van der Waals surface area contributed by atoms with Gasteiger partial charge in [0.2, 0.25) is 0 Å². The second kappa shape index (κ2) is 4.36. The van der Waals surface area contributed by atoms with Gasteiger partial charge in [-0.2, -0.15) is 0 Å². The first-order valence-electron chi connectivity index (χ1n) is 5.92. The van der Waals surface area contributed by atoms with Gasteiger partial charge in [-0.1, -0.05) is 31.4 Å². The first-order valence-corrected chi connectivity index (χ1v) is 5.92. The van der Waals surface area contributed by atoms with Crippen molar-refractivity contribution < 1.29 is 9.18 Å². The summed E-state index contributed by atoms with van der Waals surface area (Å²) in [6.45, 7) is 1.66. The topological polar surface area (TPSA) is 17.1 Å². The van der Waals surface area contributed by atoms with Crippen molar-refractivity contribution in [3.05, 3.63) is 35.6 Å². The monoisotopic (exact) mass is 220 g/mol. The molecule has 1 aliphatic carbocycles. The molecule has 2 rings (SSSR count). The molecule has 0 heterocycles. The van der Waals surface area contributed by atoms with Crippen LogP contribution in [0.25, 0.3) is 0 Å². The van der Waals surface area contributed by atoms with E-state index in [1.807, 2.05) is 0 Å². The fourth-order valence-electron chi connectivity index (χ4n) is 2.77. The van der Waals surface area contributed by atoms with Crippen molar-refractivity contribution in [2.75, 3.05) is 0 Å². The first kappa shape index (κ1) is 11.3. The quantitative estimate of drug-likeness (QED) is 0.744. The molecule has 0 unspecified atom stereocenters. The minimum Gasteiger partial charge on any atom is -0.299 e. The lowest BCUT2D eigenvalue weighted by atomic mass is 9.67. The predicted molar refractivity (Wildman–Crippen MR) is 61.8 cm³/mol. The molecule has 0 aliphatic heterocycles. The van der Waals surface area contributed by atoms with Gasteiger partial charge in [-0.15, -0.1) is 0 Å². The summed E-state index contributed by atoms with van der Waals surface area (Å²) in [5.74, 6) is -0.0166. The number of carbonyl (C=O) groups is 1. The van der Waals surface area contributed by atoms with Gasteiger partial charge in [0, 0.05) is 0 Å². The number of carbonyl (C=O) groups excluding carboxylic acids is 1. The SMILES string of the molecule is CC(=O)C1(c2ccc(F)cc2)CCCCC1. The van der Waals surface area contributed by atoms with Gasteiger partial charge in [-0.25, -0.2) is 4.39 Å². The van der Waals surface area contributed by atoms with Crippen LogP contribution >= 0.6 is 0 Å². The molecule has 16 heavy (non-hydrogen) atoms. The van der Waals surface area contributed by atoms with Crippen LogP contribution in [-0.4, -0.2) is 5.78 Å². The molecule has 1 aliphatic rings. The zero-order valence-corrected chi connectivity index (χ0v) is 9.63. The second-order valence-corrected chi connectivity index (χ2v) is 4.71. The molecule has 1 aromatic rings. The molecule has 0 amide bonds. The smallest absolute Gasteiger partial charge is 0.140 e. The van der Waals surface area contributed by atoms with Crippen LogP contribution in [0.4, 0.5) is 4.39 Å². The molecular formula is C14H17FO. The van der Waals surface area contributed by atoms with Crippen LogP contribution in [0.2, 0.25) is 0 Å². The van der Waals surface area contributed by atoms with Crippen molar-refractivity contribution in [1.29, 1.82) is 0 Å². The van der Waals surface area contributed by atoms with Gasteiger partial charge >= 0.3 is 0 Å². The maximum absolute atomic E-state index is 12.9. The Morgan fingerprint density at radius 2 is 1.69 bits per heavy atom. The Morgan fingerprint density at radius 1 is 1.12 bits per heavy atom. The van der Waals surface area contributed by atoms with Crippen LogP contribution < -0.4 is 0 Å². The van der Waals surface area contributed by atoms with Crippen molar-refractivity contribution >= 4 is 5.78 Å². The molecule has 0 radical (unpaired) electrons. The first-order chi connectivity index (χ1) is 7.65. The molecule has 0 atom stereocenters. The summed E-state index contributed by atoms with van der Waals surface area (Å²) in [6.07, 6.45) is 5.21. The predicted octanol–water partition coefficient (Wildman–Crippen LogP) is 3.62. The van der Waals surface area contributed by atoms with Crippen LogP contribution in [0, 0.1) is 5.82 Å². The lowest BCUT2D eigenvalue weighted by molar-refractivity contribution is -0.123. The van der Waals surface area contributed by atoms with Gasteiger partial charge in [0.05, 0.1) is 5.41 Å². The summed E-state index contributed by atoms with van der Waals surface area (Å²) in [5.41, 5.74) is 0.646. The number of Topliss-reactive ketones (excluding diaryl/α,β-unsaturated/α-hetero) is 1. The van der Waals surface area contributed by atoms with Gasteiger partial charge in [0.1, 0.15) is 11.6 Å². The summed E-state index contributed by atoms with van der Waals surface area (Å²) in [7, 11) is 0. The summed E-state index contributed by atoms with van der Waals surface area (Å²) < 4.78 is 12.9. The minimum absolute atomic E-state index is 0.221. The number of benzene rings is 1. The highest BCUT2D eigenvalue weighted by atomic mass is 19.1. The third-order valence-corrected chi connectivity index (χ3v) is 3.78. The molecule has 1 nitrogen and oxygen atoms in total. The Hall–Kier alpha value is -1.18. The van der Waals surface area contributed by atoms with E-state index in [0.717, 1.165) is 31.2 Å². The van der Waals surface area contributed by atoms with Crippen molar-refractivity contribution in [2.24, 2.45) is 0 Å². The molecule has 86 valence electrons. The molecule has 2 heteroatoms. The van der Waals surface area contributed by atoms with Crippen molar-refractivity contribution in [1.82, 2.24) is 0 Å². The summed E-state index contributed by atoms with van der Waals surface area (Å²) in [5, 5.41) is 0. The average molecular weight is 220 g/mol. The Labute approximate surface area is 95.7 Å². The van der Waals surface area contributed by atoms with E-state index >= 15 is 0 Å². The number of halogens is 1. The number of rotatable bonds is 2. The number of ketones is 1. The van der Waals surface area contributed by atoms with E-state index in [1.165, 1.54) is 18.6 Å². The highest BCUT2D eigenvalue weighted by Crippen LogP contribution is 2.40. The summed E-state index contributed by atoms with van der Waals surface area (Å²) in [4.78, 5) is 11.9. The molecule has 1 saturated carbocycles. The van der Waals surface area contributed by atoms with E-state index in [2.05, 4.69) is 0 Å². The summed E-state index contributed by atoms with van der Waals surface area (Å²) in [6, 6.07) is 6.44.